The Kier molecular flexibility index (Phi) is 6.41. The number of hydrogen-bond acceptors (Lipinski definition) is 5. The first kappa shape index (κ1) is 15.6. The molecule has 0 aliphatic heterocycles. The zero-order valence-electron chi connectivity index (χ0n) is 11.5. The summed E-state index contributed by atoms with van der Waals surface area (Å²) in [5, 5.41) is 5.69. The molecule has 106 valence electrons. The Bertz CT molecular complexity index is 436. The first-order valence-corrected chi connectivity index (χ1v) is 7.83. The van der Waals surface area contributed by atoms with Crippen LogP contribution in [0.15, 0.2) is 12.4 Å². The van der Waals surface area contributed by atoms with Crippen LogP contribution < -0.4 is 10.6 Å². The fourth-order valence-corrected chi connectivity index (χ4v) is 1.55. The van der Waals surface area contributed by atoms with Crippen LogP contribution in [0.3, 0.4) is 0 Å². The second-order valence-corrected chi connectivity index (χ2v) is 6.03. The van der Waals surface area contributed by atoms with Gasteiger partial charge in [-0.25, -0.2) is 9.97 Å². The summed E-state index contributed by atoms with van der Waals surface area (Å²) in [6, 6.07) is 0. The van der Waals surface area contributed by atoms with Crippen LogP contribution in [0.2, 0.25) is 0 Å². The number of anilines is 1. The molecule has 2 unspecified atom stereocenters. The molecule has 0 saturated heterocycles. The molecular formula is C12H20N4O2S. The van der Waals surface area contributed by atoms with Crippen molar-refractivity contribution in [1.29, 1.82) is 0 Å². The maximum Gasteiger partial charge on any atom is 0.271 e. The Labute approximate surface area is 115 Å². The summed E-state index contributed by atoms with van der Waals surface area (Å²) >= 11 is 0. The van der Waals surface area contributed by atoms with Gasteiger partial charge in [-0.1, -0.05) is 6.92 Å². The highest BCUT2D eigenvalue weighted by Gasteiger charge is 2.11. The van der Waals surface area contributed by atoms with E-state index in [-0.39, 0.29) is 16.9 Å². The highest BCUT2D eigenvalue weighted by molar-refractivity contribution is 7.84. The van der Waals surface area contributed by atoms with Crippen molar-refractivity contribution in [3.63, 3.8) is 0 Å². The highest BCUT2D eigenvalue weighted by atomic mass is 32.2. The van der Waals surface area contributed by atoms with Crippen molar-refractivity contribution >= 4 is 22.5 Å². The molecule has 1 rings (SSSR count). The van der Waals surface area contributed by atoms with Crippen LogP contribution in [0.5, 0.6) is 0 Å². The molecule has 0 aromatic carbocycles. The van der Waals surface area contributed by atoms with Gasteiger partial charge in [0.05, 0.1) is 12.4 Å². The third kappa shape index (κ3) is 5.34. The lowest BCUT2D eigenvalue weighted by atomic mass is 10.4. The number of carbonyl (C=O) groups is 1. The predicted octanol–water partition coefficient (Wildman–Crippen LogP) is 0.795. The molecule has 19 heavy (non-hydrogen) atoms. The van der Waals surface area contributed by atoms with Crippen LogP contribution in [-0.4, -0.2) is 44.7 Å². The van der Waals surface area contributed by atoms with E-state index in [2.05, 4.69) is 27.5 Å². The molecule has 0 aliphatic rings. The summed E-state index contributed by atoms with van der Waals surface area (Å²) in [5.41, 5.74) is 0.260. The van der Waals surface area contributed by atoms with E-state index >= 15 is 0 Å². The van der Waals surface area contributed by atoms with Gasteiger partial charge in [-0.2, -0.15) is 0 Å². The lowest BCUT2D eigenvalue weighted by molar-refractivity contribution is 0.0949. The van der Waals surface area contributed by atoms with Crippen LogP contribution >= 0.6 is 0 Å². The maximum atomic E-state index is 11.8. The minimum Gasteiger partial charge on any atom is -0.369 e. The van der Waals surface area contributed by atoms with Crippen molar-refractivity contribution in [2.24, 2.45) is 0 Å². The van der Waals surface area contributed by atoms with Gasteiger partial charge in [0.1, 0.15) is 11.5 Å². The summed E-state index contributed by atoms with van der Waals surface area (Å²) in [6.45, 7) is 5.06. The quantitative estimate of drug-likeness (QED) is 0.773. The monoisotopic (exact) mass is 284 g/mol. The van der Waals surface area contributed by atoms with Gasteiger partial charge >= 0.3 is 0 Å². The van der Waals surface area contributed by atoms with Crippen molar-refractivity contribution in [2.45, 2.75) is 25.5 Å². The van der Waals surface area contributed by atoms with Crippen molar-refractivity contribution < 1.29 is 9.00 Å². The molecule has 0 bridgehead atoms. The summed E-state index contributed by atoms with van der Waals surface area (Å²) in [6.07, 6.45) is 5.58. The van der Waals surface area contributed by atoms with Crippen molar-refractivity contribution in [3.8, 4) is 0 Å². The zero-order chi connectivity index (χ0) is 14.3. The lowest BCUT2D eigenvalue weighted by Crippen LogP contribution is -2.33. The third-order valence-electron chi connectivity index (χ3n) is 2.56. The minimum atomic E-state index is -0.951. The van der Waals surface area contributed by atoms with Crippen molar-refractivity contribution in [2.75, 3.05) is 24.7 Å². The second kappa shape index (κ2) is 7.83. The molecule has 0 fully saturated rings. The average molecular weight is 284 g/mol. The number of amides is 1. The topological polar surface area (TPSA) is 84.0 Å². The van der Waals surface area contributed by atoms with Crippen LogP contribution in [0, 0.1) is 0 Å². The molecule has 7 heteroatoms. The zero-order valence-corrected chi connectivity index (χ0v) is 12.3. The Morgan fingerprint density at radius 2 is 2.16 bits per heavy atom. The molecule has 0 saturated carbocycles. The third-order valence-corrected chi connectivity index (χ3v) is 3.86. The van der Waals surface area contributed by atoms with Gasteiger partial charge in [-0.05, 0) is 13.3 Å². The fourth-order valence-electron chi connectivity index (χ4n) is 1.23. The Morgan fingerprint density at radius 1 is 1.42 bits per heavy atom. The largest absolute Gasteiger partial charge is 0.369 e. The molecule has 2 N–H and O–H groups in total. The van der Waals surface area contributed by atoms with Crippen LogP contribution in [-0.2, 0) is 10.8 Å². The van der Waals surface area contributed by atoms with Crippen molar-refractivity contribution in [1.82, 2.24) is 15.3 Å². The predicted molar refractivity (Wildman–Crippen MR) is 76.7 cm³/mol. The van der Waals surface area contributed by atoms with Gasteiger partial charge in [0.15, 0.2) is 0 Å². The molecule has 6 nitrogen and oxygen atoms in total. The molecule has 1 aromatic heterocycles. The standard InChI is InChI=1S/C12H20N4O2S/c1-4-5-13-11-8-14-10(7-15-11)12(17)16-6-9(2)19(3)18/h7-9H,4-6H2,1-3H3,(H,13,15)(H,16,17). The lowest BCUT2D eigenvalue weighted by Gasteiger charge is -2.09. The SMILES string of the molecule is CCCNc1cnc(C(=O)NCC(C)S(C)=O)cn1. The maximum absolute atomic E-state index is 11.8. The number of aromatic nitrogens is 2. The van der Waals surface area contributed by atoms with Gasteiger partial charge < -0.3 is 10.6 Å². The van der Waals surface area contributed by atoms with E-state index in [9.17, 15) is 9.00 Å². The number of nitrogens with one attached hydrogen (secondary N) is 2. The van der Waals surface area contributed by atoms with Crippen LogP contribution in [0.4, 0.5) is 5.82 Å². The average Bonchev–Trinajstić information content (AvgIpc) is 2.42. The van der Waals surface area contributed by atoms with Crippen LogP contribution in [0.1, 0.15) is 30.8 Å². The molecule has 0 aliphatic carbocycles. The molecule has 1 aromatic rings. The fraction of sp³-hybridized carbons (Fsp3) is 0.583. The van der Waals surface area contributed by atoms with Crippen molar-refractivity contribution in [3.05, 3.63) is 18.1 Å². The smallest absolute Gasteiger partial charge is 0.271 e. The summed E-state index contributed by atoms with van der Waals surface area (Å²) in [4.78, 5) is 19.9. The van der Waals surface area contributed by atoms with Gasteiger partial charge in [0.25, 0.3) is 5.91 Å². The number of rotatable bonds is 7. The van der Waals surface area contributed by atoms with E-state index in [1.54, 1.807) is 6.26 Å². The molecule has 1 heterocycles. The molecule has 0 radical (unpaired) electrons. The Hall–Kier alpha value is -1.50. The molecule has 1 amide bonds. The summed E-state index contributed by atoms with van der Waals surface area (Å²) in [5.74, 6) is 0.355. The number of hydrogen-bond donors (Lipinski definition) is 2. The minimum absolute atomic E-state index is 0.0811. The number of carbonyl (C=O) groups excluding carboxylic acids is 1. The van der Waals surface area contributed by atoms with E-state index in [4.69, 9.17) is 0 Å². The van der Waals surface area contributed by atoms with Gasteiger partial charge in [0.2, 0.25) is 0 Å². The first-order valence-electron chi connectivity index (χ1n) is 6.21. The van der Waals surface area contributed by atoms with Gasteiger partial charge in [-0.3, -0.25) is 9.00 Å². The molecule has 2 atom stereocenters. The van der Waals surface area contributed by atoms with Gasteiger partial charge in [-0.15, -0.1) is 0 Å². The molecular weight excluding hydrogens is 264 g/mol. The Balaban J connectivity index is 2.51. The first-order chi connectivity index (χ1) is 9.04. The second-order valence-electron chi connectivity index (χ2n) is 4.23. The number of nitrogens with zero attached hydrogens (tertiary/aromatic N) is 2. The summed E-state index contributed by atoms with van der Waals surface area (Å²) < 4.78 is 11.2. The van der Waals surface area contributed by atoms with Gasteiger partial charge in [0, 0.05) is 35.4 Å². The highest BCUT2D eigenvalue weighted by Crippen LogP contribution is 2.01. The Morgan fingerprint density at radius 3 is 2.68 bits per heavy atom. The summed E-state index contributed by atoms with van der Waals surface area (Å²) in [7, 11) is -0.951. The molecule has 0 spiro atoms. The van der Waals surface area contributed by atoms with E-state index in [0.717, 1.165) is 13.0 Å². The van der Waals surface area contributed by atoms with E-state index in [1.165, 1.54) is 12.4 Å². The van der Waals surface area contributed by atoms with E-state index in [0.29, 0.717) is 12.4 Å². The van der Waals surface area contributed by atoms with E-state index < -0.39 is 10.8 Å². The van der Waals surface area contributed by atoms with Crippen LogP contribution in [0.25, 0.3) is 0 Å². The normalized spacial score (nSPS) is 13.6. The van der Waals surface area contributed by atoms with E-state index in [1.807, 2.05) is 6.92 Å².